The molecule has 116 valence electrons. The van der Waals surface area contributed by atoms with E-state index < -0.39 is 5.97 Å². The fourth-order valence-electron chi connectivity index (χ4n) is 2.54. The van der Waals surface area contributed by atoms with Crippen molar-refractivity contribution in [1.82, 2.24) is 9.80 Å². The predicted octanol–water partition coefficient (Wildman–Crippen LogP) is 1.02. The Hall–Kier alpha value is -1.74. The lowest BCUT2D eigenvalue weighted by Crippen LogP contribution is -2.48. The van der Waals surface area contributed by atoms with E-state index >= 15 is 0 Å². The van der Waals surface area contributed by atoms with Gasteiger partial charge in [0.25, 0.3) is 0 Å². The molecular weight excluding hydrogens is 272 g/mol. The van der Waals surface area contributed by atoms with Gasteiger partial charge in [-0.25, -0.2) is 9.59 Å². The molecule has 21 heavy (non-hydrogen) atoms. The quantitative estimate of drug-likeness (QED) is 0.742. The second kappa shape index (κ2) is 7.32. The topological polar surface area (TPSA) is 70.1 Å². The molecule has 0 bridgehead atoms. The highest BCUT2D eigenvalue weighted by atomic mass is 16.5. The molecule has 0 atom stereocenters. The first-order chi connectivity index (χ1) is 10.1. The molecule has 2 aliphatic rings. The van der Waals surface area contributed by atoms with Crippen LogP contribution in [0.2, 0.25) is 0 Å². The Morgan fingerprint density at radius 3 is 2.48 bits per heavy atom. The highest BCUT2D eigenvalue weighted by Crippen LogP contribution is 2.30. The summed E-state index contributed by atoms with van der Waals surface area (Å²) in [6.07, 6.45) is 8.98. The number of carbonyl (C=O) groups is 2. The number of nitrogens with zero attached hydrogens (tertiary/aromatic N) is 2. The fourth-order valence-corrected chi connectivity index (χ4v) is 2.54. The van der Waals surface area contributed by atoms with Gasteiger partial charge >= 0.3 is 12.0 Å². The van der Waals surface area contributed by atoms with Crippen molar-refractivity contribution < 1.29 is 19.4 Å². The molecule has 2 fully saturated rings. The SMILES string of the molecule is C#CCN(CC1CC1)C(=O)N1CCC(OCC(=O)O)CC1. The van der Waals surface area contributed by atoms with Gasteiger partial charge in [-0.05, 0) is 31.6 Å². The van der Waals surface area contributed by atoms with Crippen molar-refractivity contribution in [3.63, 3.8) is 0 Å². The molecule has 1 saturated carbocycles. The van der Waals surface area contributed by atoms with Crippen LogP contribution in [-0.2, 0) is 9.53 Å². The Labute approximate surface area is 125 Å². The molecule has 6 nitrogen and oxygen atoms in total. The van der Waals surface area contributed by atoms with Gasteiger partial charge in [-0.3, -0.25) is 0 Å². The number of piperidine rings is 1. The number of rotatable bonds is 6. The molecule has 0 spiro atoms. The molecule has 1 N–H and O–H groups in total. The summed E-state index contributed by atoms with van der Waals surface area (Å²) in [7, 11) is 0. The van der Waals surface area contributed by atoms with E-state index in [4.69, 9.17) is 16.3 Å². The van der Waals surface area contributed by atoms with Crippen molar-refractivity contribution >= 4 is 12.0 Å². The summed E-state index contributed by atoms with van der Waals surface area (Å²) in [5.74, 6) is 2.20. The van der Waals surface area contributed by atoms with Gasteiger partial charge in [0.15, 0.2) is 0 Å². The predicted molar refractivity (Wildman–Crippen MR) is 76.7 cm³/mol. The van der Waals surface area contributed by atoms with Crippen LogP contribution in [0.15, 0.2) is 0 Å². The first-order valence-corrected chi connectivity index (χ1v) is 7.41. The molecule has 2 rings (SSSR count). The Balaban J connectivity index is 1.78. The van der Waals surface area contributed by atoms with Gasteiger partial charge in [-0.1, -0.05) is 5.92 Å². The van der Waals surface area contributed by atoms with Crippen LogP contribution < -0.4 is 0 Å². The lowest BCUT2D eigenvalue weighted by molar-refractivity contribution is -0.145. The molecule has 0 aromatic heterocycles. The number of carboxylic acids is 1. The van der Waals surface area contributed by atoms with Crippen LogP contribution >= 0.6 is 0 Å². The average molecular weight is 294 g/mol. The molecule has 1 heterocycles. The molecule has 0 aromatic carbocycles. The molecule has 6 heteroatoms. The molecule has 0 unspecified atom stereocenters. The number of ether oxygens (including phenoxy) is 1. The smallest absolute Gasteiger partial charge is 0.329 e. The van der Waals surface area contributed by atoms with Gasteiger partial charge < -0.3 is 19.6 Å². The number of carbonyl (C=O) groups excluding carboxylic acids is 1. The fraction of sp³-hybridized carbons (Fsp3) is 0.733. The summed E-state index contributed by atoms with van der Waals surface area (Å²) in [5.41, 5.74) is 0. The number of hydrogen-bond donors (Lipinski definition) is 1. The maximum absolute atomic E-state index is 12.4. The van der Waals surface area contributed by atoms with Crippen LogP contribution in [0.3, 0.4) is 0 Å². The van der Waals surface area contributed by atoms with E-state index in [2.05, 4.69) is 5.92 Å². The summed E-state index contributed by atoms with van der Waals surface area (Å²) in [4.78, 5) is 26.5. The van der Waals surface area contributed by atoms with Gasteiger partial charge in [0.05, 0.1) is 12.6 Å². The minimum absolute atomic E-state index is 0.00321. The number of carboxylic acid groups (broad SMARTS) is 1. The molecule has 0 aromatic rings. The zero-order valence-electron chi connectivity index (χ0n) is 12.2. The normalized spacial score (nSPS) is 19.1. The number of aliphatic carboxylic acids is 1. The molecule has 1 saturated heterocycles. The van der Waals surface area contributed by atoms with E-state index in [0.29, 0.717) is 38.4 Å². The van der Waals surface area contributed by atoms with Crippen LogP contribution in [0.25, 0.3) is 0 Å². The first-order valence-electron chi connectivity index (χ1n) is 7.41. The van der Waals surface area contributed by atoms with E-state index in [1.807, 2.05) is 0 Å². The summed E-state index contributed by atoms with van der Waals surface area (Å²) in [5, 5.41) is 8.59. The third kappa shape index (κ3) is 4.94. The minimum atomic E-state index is -0.960. The molecule has 0 radical (unpaired) electrons. The van der Waals surface area contributed by atoms with E-state index in [1.165, 1.54) is 12.8 Å². The van der Waals surface area contributed by atoms with E-state index in [9.17, 15) is 9.59 Å². The van der Waals surface area contributed by atoms with E-state index in [1.54, 1.807) is 9.80 Å². The summed E-state index contributed by atoms with van der Waals surface area (Å²) in [6.45, 7) is 2.01. The number of urea groups is 1. The maximum atomic E-state index is 12.4. The number of likely N-dealkylation sites (tertiary alicyclic amines) is 1. The van der Waals surface area contributed by atoms with Gasteiger partial charge in [-0.2, -0.15) is 0 Å². The lowest BCUT2D eigenvalue weighted by Gasteiger charge is -2.35. The molecular formula is C15H22N2O4. The number of amides is 2. The second-order valence-electron chi connectivity index (χ2n) is 5.70. The third-order valence-electron chi connectivity index (χ3n) is 3.88. The van der Waals surface area contributed by atoms with E-state index in [-0.39, 0.29) is 18.7 Å². The maximum Gasteiger partial charge on any atom is 0.329 e. The van der Waals surface area contributed by atoms with Crippen LogP contribution in [0, 0.1) is 18.3 Å². The Morgan fingerprint density at radius 2 is 1.95 bits per heavy atom. The highest BCUT2D eigenvalue weighted by Gasteiger charge is 2.30. The largest absolute Gasteiger partial charge is 0.480 e. The Morgan fingerprint density at radius 1 is 1.29 bits per heavy atom. The number of terminal acetylenes is 1. The molecule has 1 aliphatic heterocycles. The third-order valence-corrected chi connectivity index (χ3v) is 3.88. The van der Waals surface area contributed by atoms with Crippen molar-refractivity contribution in [2.45, 2.75) is 31.8 Å². The highest BCUT2D eigenvalue weighted by molar-refractivity contribution is 5.75. The summed E-state index contributed by atoms with van der Waals surface area (Å²) >= 11 is 0. The zero-order valence-corrected chi connectivity index (χ0v) is 12.2. The van der Waals surface area contributed by atoms with Gasteiger partial charge in [0, 0.05) is 19.6 Å². The molecule has 1 aliphatic carbocycles. The summed E-state index contributed by atoms with van der Waals surface area (Å²) in [6, 6.07) is -0.00321. The van der Waals surface area contributed by atoms with Crippen molar-refractivity contribution in [2.24, 2.45) is 5.92 Å². The summed E-state index contributed by atoms with van der Waals surface area (Å²) < 4.78 is 5.27. The zero-order chi connectivity index (χ0) is 15.2. The Bertz CT molecular complexity index is 420. The van der Waals surface area contributed by atoms with Crippen molar-refractivity contribution in [1.29, 1.82) is 0 Å². The first kappa shape index (κ1) is 15.6. The number of hydrogen-bond acceptors (Lipinski definition) is 3. The van der Waals surface area contributed by atoms with Crippen LogP contribution in [0.1, 0.15) is 25.7 Å². The van der Waals surface area contributed by atoms with Gasteiger partial charge in [-0.15, -0.1) is 6.42 Å². The van der Waals surface area contributed by atoms with Crippen LogP contribution in [-0.4, -0.2) is 65.8 Å². The standard InChI is InChI=1S/C15H22N2O4/c1-2-7-17(10-12-3-4-12)15(20)16-8-5-13(6-9-16)21-11-14(18)19/h1,12-13H,3-11H2,(H,18,19). The van der Waals surface area contributed by atoms with Gasteiger partial charge in [0.2, 0.25) is 0 Å². The van der Waals surface area contributed by atoms with Crippen molar-refractivity contribution in [3.05, 3.63) is 0 Å². The molecule has 2 amide bonds. The second-order valence-corrected chi connectivity index (χ2v) is 5.70. The van der Waals surface area contributed by atoms with E-state index in [0.717, 1.165) is 6.54 Å². The minimum Gasteiger partial charge on any atom is -0.480 e. The van der Waals surface area contributed by atoms with Crippen molar-refractivity contribution in [2.75, 3.05) is 32.8 Å². The van der Waals surface area contributed by atoms with Gasteiger partial charge in [0.1, 0.15) is 6.61 Å². The van der Waals surface area contributed by atoms with Crippen LogP contribution in [0.4, 0.5) is 4.79 Å². The Kier molecular flexibility index (Phi) is 5.45. The lowest BCUT2D eigenvalue weighted by atomic mass is 10.1. The average Bonchev–Trinajstić information content (AvgIpc) is 3.28. The van der Waals surface area contributed by atoms with Crippen molar-refractivity contribution in [3.8, 4) is 12.3 Å². The monoisotopic (exact) mass is 294 g/mol. The van der Waals surface area contributed by atoms with Crippen LogP contribution in [0.5, 0.6) is 0 Å².